The van der Waals surface area contributed by atoms with E-state index in [1.54, 1.807) is 4.57 Å². The third-order valence-corrected chi connectivity index (χ3v) is 8.82. The predicted molar refractivity (Wildman–Crippen MR) is 179 cm³/mol. The van der Waals surface area contributed by atoms with Crippen LogP contribution in [-0.2, 0) is 4.79 Å². The maximum absolute atomic E-state index is 14.1. The molecule has 0 radical (unpaired) electrons. The van der Waals surface area contributed by atoms with E-state index in [1.165, 1.54) is 11.3 Å². The number of benzene rings is 3. The van der Waals surface area contributed by atoms with Crippen molar-refractivity contribution >= 4 is 74.2 Å². The van der Waals surface area contributed by atoms with Gasteiger partial charge >= 0.3 is 0 Å². The number of para-hydroxylation sites is 1. The van der Waals surface area contributed by atoms with Crippen molar-refractivity contribution in [2.45, 2.75) is 26.8 Å². The SMILES string of the molecule is CCOc1ccc([C@H]2C(C(=O)Nc3ccccc3)=C(C)N=c3s/c(=C\c4cc(I)cc(I)c4OCC)c(=O)n32)cc1. The van der Waals surface area contributed by atoms with Gasteiger partial charge < -0.3 is 14.8 Å². The van der Waals surface area contributed by atoms with Crippen LogP contribution in [0.4, 0.5) is 5.69 Å². The summed E-state index contributed by atoms with van der Waals surface area (Å²) in [7, 11) is 0. The van der Waals surface area contributed by atoms with Crippen molar-refractivity contribution in [1.29, 1.82) is 0 Å². The molecule has 210 valence electrons. The second-order valence-electron chi connectivity index (χ2n) is 9.14. The Balaban J connectivity index is 1.68. The van der Waals surface area contributed by atoms with E-state index in [0.29, 0.717) is 39.5 Å². The minimum absolute atomic E-state index is 0.221. The first-order valence-corrected chi connectivity index (χ1v) is 16.0. The molecule has 0 fully saturated rings. The van der Waals surface area contributed by atoms with Crippen molar-refractivity contribution in [1.82, 2.24) is 4.57 Å². The zero-order valence-electron chi connectivity index (χ0n) is 22.6. The summed E-state index contributed by atoms with van der Waals surface area (Å²) in [6.45, 7) is 6.73. The molecular weight excluding hydrogens is 764 g/mol. The lowest BCUT2D eigenvalue weighted by atomic mass is 9.95. The van der Waals surface area contributed by atoms with Crippen molar-refractivity contribution in [2.75, 3.05) is 18.5 Å². The van der Waals surface area contributed by atoms with E-state index in [-0.39, 0.29) is 11.5 Å². The van der Waals surface area contributed by atoms with Gasteiger partial charge in [-0.15, -0.1) is 0 Å². The molecule has 1 aromatic heterocycles. The molecular formula is C31H27I2N3O4S. The lowest BCUT2D eigenvalue weighted by Gasteiger charge is -2.25. The van der Waals surface area contributed by atoms with Crippen molar-refractivity contribution in [3.05, 3.63) is 116 Å². The van der Waals surface area contributed by atoms with E-state index in [2.05, 4.69) is 50.5 Å². The molecule has 5 rings (SSSR count). The third kappa shape index (κ3) is 6.28. The molecule has 1 aliphatic heterocycles. The number of carbonyl (C=O) groups is 1. The van der Waals surface area contributed by atoms with Crippen LogP contribution >= 0.6 is 56.5 Å². The summed E-state index contributed by atoms with van der Waals surface area (Å²) in [6, 6.07) is 20.1. The van der Waals surface area contributed by atoms with Crippen LogP contribution in [0.25, 0.3) is 6.08 Å². The monoisotopic (exact) mass is 791 g/mol. The standard InChI is InChI=1S/C31H27I2N3O4S/c1-4-39-23-13-11-19(12-14-23)27-26(29(37)35-22-9-7-6-8-10-22)18(3)34-31-36(27)30(38)25(41-31)16-20-15-21(32)17-24(33)28(20)40-5-2/h6-17,27H,4-5H2,1-3H3,(H,35,37)/b25-16-/t27-/m0/s1. The highest BCUT2D eigenvalue weighted by atomic mass is 127. The first-order chi connectivity index (χ1) is 19.8. The van der Waals surface area contributed by atoms with E-state index in [9.17, 15) is 9.59 Å². The number of halogens is 2. The van der Waals surface area contributed by atoms with E-state index < -0.39 is 6.04 Å². The summed E-state index contributed by atoms with van der Waals surface area (Å²) in [5.41, 5.74) is 3.02. The Kier molecular flexibility index (Phi) is 9.29. The van der Waals surface area contributed by atoms with Gasteiger partial charge in [-0.2, -0.15) is 0 Å². The Hall–Kier alpha value is -2.97. The van der Waals surface area contributed by atoms with Crippen LogP contribution in [-0.4, -0.2) is 23.7 Å². The van der Waals surface area contributed by atoms with Gasteiger partial charge in [0.2, 0.25) is 0 Å². The predicted octanol–water partition coefficient (Wildman–Crippen LogP) is 5.88. The molecule has 0 unspecified atom stereocenters. The smallest absolute Gasteiger partial charge is 0.271 e. The summed E-state index contributed by atoms with van der Waals surface area (Å²) in [6.07, 6.45) is 1.86. The van der Waals surface area contributed by atoms with Gasteiger partial charge in [-0.3, -0.25) is 14.2 Å². The largest absolute Gasteiger partial charge is 0.494 e. The zero-order chi connectivity index (χ0) is 29.1. The minimum atomic E-state index is -0.671. The molecule has 0 saturated heterocycles. The van der Waals surface area contributed by atoms with Crippen LogP contribution in [0.2, 0.25) is 0 Å². The van der Waals surface area contributed by atoms with Crippen LogP contribution in [0.3, 0.4) is 0 Å². The van der Waals surface area contributed by atoms with Crippen molar-refractivity contribution in [3.8, 4) is 11.5 Å². The maximum Gasteiger partial charge on any atom is 0.271 e. The van der Waals surface area contributed by atoms with Crippen LogP contribution < -0.4 is 29.7 Å². The molecule has 4 aromatic rings. The number of hydrogen-bond acceptors (Lipinski definition) is 6. The van der Waals surface area contributed by atoms with Gasteiger partial charge in [0.05, 0.1) is 38.6 Å². The highest BCUT2D eigenvalue weighted by molar-refractivity contribution is 14.1. The number of thiazole rings is 1. The van der Waals surface area contributed by atoms with Gasteiger partial charge in [-0.1, -0.05) is 41.7 Å². The summed E-state index contributed by atoms with van der Waals surface area (Å²) in [5, 5.41) is 2.98. The molecule has 0 spiro atoms. The van der Waals surface area contributed by atoms with Crippen molar-refractivity contribution in [2.24, 2.45) is 4.99 Å². The van der Waals surface area contributed by atoms with Gasteiger partial charge in [0.25, 0.3) is 11.5 Å². The molecule has 7 nitrogen and oxygen atoms in total. The Labute approximate surface area is 268 Å². The lowest BCUT2D eigenvalue weighted by Crippen LogP contribution is -2.40. The highest BCUT2D eigenvalue weighted by Gasteiger charge is 2.32. The van der Waals surface area contributed by atoms with E-state index in [1.807, 2.05) is 93.6 Å². The van der Waals surface area contributed by atoms with Crippen LogP contribution in [0.15, 0.2) is 87.8 Å². The Morgan fingerprint density at radius 1 is 1.05 bits per heavy atom. The number of ether oxygens (including phenoxy) is 2. The second-order valence-corrected chi connectivity index (χ2v) is 12.6. The molecule has 1 atom stereocenters. The minimum Gasteiger partial charge on any atom is -0.494 e. The van der Waals surface area contributed by atoms with Crippen molar-refractivity contribution in [3.63, 3.8) is 0 Å². The topological polar surface area (TPSA) is 81.9 Å². The highest BCUT2D eigenvalue weighted by Crippen LogP contribution is 2.32. The molecule has 1 N–H and O–H groups in total. The Bertz CT molecular complexity index is 1810. The number of hydrogen-bond donors (Lipinski definition) is 1. The molecule has 0 saturated carbocycles. The summed E-state index contributed by atoms with van der Waals surface area (Å²) in [4.78, 5) is 33.1. The summed E-state index contributed by atoms with van der Waals surface area (Å²) >= 11 is 5.82. The Morgan fingerprint density at radius 3 is 2.44 bits per heavy atom. The van der Waals surface area contributed by atoms with Crippen molar-refractivity contribution < 1.29 is 14.3 Å². The molecule has 2 heterocycles. The molecule has 41 heavy (non-hydrogen) atoms. The van der Waals surface area contributed by atoms with Crippen LogP contribution in [0.1, 0.15) is 37.9 Å². The lowest BCUT2D eigenvalue weighted by molar-refractivity contribution is -0.113. The first-order valence-electron chi connectivity index (χ1n) is 13.0. The quantitative estimate of drug-likeness (QED) is 0.226. The first kappa shape index (κ1) is 29.5. The normalized spacial score (nSPS) is 14.9. The number of amides is 1. The summed E-state index contributed by atoms with van der Waals surface area (Å²) < 4.78 is 15.7. The van der Waals surface area contributed by atoms with E-state index in [4.69, 9.17) is 14.5 Å². The number of allylic oxidation sites excluding steroid dienone is 1. The number of anilines is 1. The molecule has 0 bridgehead atoms. The average Bonchev–Trinajstić information content (AvgIpc) is 3.25. The molecule has 0 aliphatic carbocycles. The van der Waals surface area contributed by atoms with Gasteiger partial charge in [-0.25, -0.2) is 4.99 Å². The summed E-state index contributed by atoms with van der Waals surface area (Å²) in [5.74, 6) is 1.15. The fourth-order valence-corrected chi connectivity index (χ4v) is 7.77. The molecule has 3 aromatic carbocycles. The van der Waals surface area contributed by atoms with Gasteiger partial charge in [0.15, 0.2) is 4.80 Å². The van der Waals surface area contributed by atoms with E-state index >= 15 is 0 Å². The zero-order valence-corrected chi connectivity index (χ0v) is 27.7. The van der Waals surface area contributed by atoms with Crippen LogP contribution in [0.5, 0.6) is 11.5 Å². The molecule has 1 aliphatic rings. The molecule has 10 heteroatoms. The maximum atomic E-state index is 14.1. The number of nitrogens with zero attached hydrogens (tertiary/aromatic N) is 2. The fraction of sp³-hybridized carbons (Fsp3) is 0.194. The third-order valence-electron chi connectivity index (χ3n) is 6.42. The molecule has 1 amide bonds. The average molecular weight is 791 g/mol. The van der Waals surface area contributed by atoms with Gasteiger partial charge in [0.1, 0.15) is 11.5 Å². The van der Waals surface area contributed by atoms with Crippen LogP contribution in [0, 0.1) is 7.14 Å². The van der Waals surface area contributed by atoms with E-state index in [0.717, 1.165) is 29.8 Å². The second kappa shape index (κ2) is 12.9. The number of aromatic nitrogens is 1. The number of carbonyl (C=O) groups excluding carboxylic acids is 1. The van der Waals surface area contributed by atoms with Gasteiger partial charge in [0, 0.05) is 14.8 Å². The fourth-order valence-electron chi connectivity index (χ4n) is 4.69. The number of nitrogens with one attached hydrogen (secondary N) is 1. The number of rotatable bonds is 8. The number of fused-ring (bicyclic) bond motifs is 1. The Morgan fingerprint density at radius 2 is 1.76 bits per heavy atom. The van der Waals surface area contributed by atoms with Gasteiger partial charge in [-0.05, 0) is 114 Å².